The predicted molar refractivity (Wildman–Crippen MR) is 89.1 cm³/mol. The van der Waals surface area contributed by atoms with Gasteiger partial charge in [-0.05, 0) is 32.4 Å². The molecule has 0 radical (unpaired) electrons. The Morgan fingerprint density at radius 1 is 1.24 bits per heavy atom. The van der Waals surface area contributed by atoms with Crippen LogP contribution in [0, 0.1) is 0 Å². The van der Waals surface area contributed by atoms with Crippen LogP contribution in [0.25, 0.3) is 0 Å². The first-order valence-electron chi connectivity index (χ1n) is 7.61. The lowest BCUT2D eigenvalue weighted by Gasteiger charge is -2.20. The summed E-state index contributed by atoms with van der Waals surface area (Å²) in [6, 6.07) is 10.9. The molecule has 0 aliphatic carbocycles. The van der Waals surface area contributed by atoms with Crippen LogP contribution in [0.2, 0.25) is 5.02 Å². The summed E-state index contributed by atoms with van der Waals surface area (Å²) in [6.07, 6.45) is 2.65. The highest BCUT2D eigenvalue weighted by Gasteiger charge is 2.18. The van der Waals surface area contributed by atoms with E-state index in [9.17, 15) is 0 Å². The molecule has 0 aliphatic rings. The van der Waals surface area contributed by atoms with Gasteiger partial charge in [-0.2, -0.15) is 5.10 Å². The van der Waals surface area contributed by atoms with Gasteiger partial charge in [-0.1, -0.05) is 48.9 Å². The standard InChI is InChI=1S/C17H24ClN3/c1-4-19-11-15(14-8-6-5-7-9-14)10-17-16(18)12-20-21(17)13(2)3/h5-9,12-13,15,19H,4,10-11H2,1-3H3. The molecule has 1 heterocycles. The van der Waals surface area contributed by atoms with Crippen molar-refractivity contribution in [3.05, 3.63) is 52.8 Å². The maximum absolute atomic E-state index is 6.35. The summed E-state index contributed by atoms with van der Waals surface area (Å²) < 4.78 is 2.03. The van der Waals surface area contributed by atoms with Crippen LogP contribution in [0.3, 0.4) is 0 Å². The van der Waals surface area contributed by atoms with Crippen LogP contribution < -0.4 is 5.32 Å². The van der Waals surface area contributed by atoms with E-state index in [1.165, 1.54) is 5.56 Å². The maximum atomic E-state index is 6.35. The van der Waals surface area contributed by atoms with E-state index in [0.29, 0.717) is 12.0 Å². The molecular formula is C17H24ClN3. The lowest BCUT2D eigenvalue weighted by molar-refractivity contribution is 0.490. The molecule has 3 nitrogen and oxygen atoms in total. The van der Waals surface area contributed by atoms with E-state index in [0.717, 1.165) is 30.2 Å². The SMILES string of the molecule is CCNCC(Cc1c(Cl)cnn1C(C)C)c1ccccc1. The molecule has 0 saturated heterocycles. The van der Waals surface area contributed by atoms with Crippen LogP contribution in [0.4, 0.5) is 0 Å². The van der Waals surface area contributed by atoms with Gasteiger partial charge in [0.2, 0.25) is 0 Å². The van der Waals surface area contributed by atoms with Crippen molar-refractivity contribution in [2.45, 2.75) is 39.2 Å². The molecule has 21 heavy (non-hydrogen) atoms. The monoisotopic (exact) mass is 305 g/mol. The van der Waals surface area contributed by atoms with Crippen molar-refractivity contribution >= 4 is 11.6 Å². The summed E-state index contributed by atoms with van der Waals surface area (Å²) in [6.45, 7) is 8.32. The summed E-state index contributed by atoms with van der Waals surface area (Å²) in [5.41, 5.74) is 2.46. The normalized spacial score (nSPS) is 12.8. The molecule has 0 amide bonds. The summed E-state index contributed by atoms with van der Waals surface area (Å²) in [4.78, 5) is 0. The van der Waals surface area contributed by atoms with Gasteiger partial charge < -0.3 is 5.32 Å². The Hall–Kier alpha value is -1.32. The summed E-state index contributed by atoms with van der Waals surface area (Å²) in [5.74, 6) is 0.401. The highest BCUT2D eigenvalue weighted by Crippen LogP contribution is 2.26. The van der Waals surface area contributed by atoms with Crippen molar-refractivity contribution in [3.63, 3.8) is 0 Å². The molecule has 0 fully saturated rings. The second kappa shape index (κ2) is 7.62. The molecule has 2 aromatic rings. The van der Waals surface area contributed by atoms with Crippen LogP contribution in [0.15, 0.2) is 36.5 Å². The van der Waals surface area contributed by atoms with E-state index in [1.807, 2.05) is 4.68 Å². The number of likely N-dealkylation sites (N-methyl/N-ethyl adjacent to an activating group) is 1. The third kappa shape index (κ3) is 4.08. The Labute approximate surface area is 132 Å². The molecule has 0 spiro atoms. The number of nitrogens with zero attached hydrogens (tertiary/aromatic N) is 2. The molecule has 1 N–H and O–H groups in total. The zero-order valence-corrected chi connectivity index (χ0v) is 13.8. The van der Waals surface area contributed by atoms with E-state index in [4.69, 9.17) is 11.6 Å². The molecule has 0 bridgehead atoms. The second-order valence-corrected chi connectivity index (χ2v) is 6.00. The summed E-state index contributed by atoms with van der Waals surface area (Å²) in [7, 11) is 0. The van der Waals surface area contributed by atoms with Crippen molar-refractivity contribution in [1.82, 2.24) is 15.1 Å². The van der Waals surface area contributed by atoms with Crippen LogP contribution in [-0.4, -0.2) is 22.9 Å². The average Bonchev–Trinajstić information content (AvgIpc) is 2.85. The Kier molecular flexibility index (Phi) is 5.83. The van der Waals surface area contributed by atoms with Gasteiger partial charge in [0.25, 0.3) is 0 Å². The van der Waals surface area contributed by atoms with Gasteiger partial charge in [0, 0.05) is 18.5 Å². The van der Waals surface area contributed by atoms with Gasteiger partial charge in [-0.3, -0.25) is 4.68 Å². The fraction of sp³-hybridized carbons (Fsp3) is 0.471. The van der Waals surface area contributed by atoms with Crippen molar-refractivity contribution < 1.29 is 0 Å². The van der Waals surface area contributed by atoms with Crippen LogP contribution in [0.1, 0.15) is 44.0 Å². The molecule has 4 heteroatoms. The predicted octanol–water partition coefficient (Wildman–Crippen LogP) is 4.05. The van der Waals surface area contributed by atoms with Crippen LogP contribution >= 0.6 is 11.6 Å². The minimum atomic E-state index is 0.322. The minimum Gasteiger partial charge on any atom is -0.316 e. The van der Waals surface area contributed by atoms with E-state index in [1.54, 1.807) is 6.20 Å². The zero-order valence-electron chi connectivity index (χ0n) is 13.0. The van der Waals surface area contributed by atoms with Gasteiger partial charge in [-0.25, -0.2) is 0 Å². The zero-order chi connectivity index (χ0) is 15.2. The van der Waals surface area contributed by atoms with Crippen molar-refractivity contribution in [2.75, 3.05) is 13.1 Å². The van der Waals surface area contributed by atoms with Gasteiger partial charge >= 0.3 is 0 Å². The van der Waals surface area contributed by atoms with E-state index >= 15 is 0 Å². The van der Waals surface area contributed by atoms with Crippen LogP contribution in [-0.2, 0) is 6.42 Å². The molecule has 0 saturated carbocycles. The molecule has 0 aliphatic heterocycles. The topological polar surface area (TPSA) is 29.9 Å². The smallest absolute Gasteiger partial charge is 0.0818 e. The highest BCUT2D eigenvalue weighted by atomic mass is 35.5. The van der Waals surface area contributed by atoms with Crippen molar-refractivity contribution in [3.8, 4) is 0 Å². The van der Waals surface area contributed by atoms with Gasteiger partial charge in [0.1, 0.15) is 0 Å². The fourth-order valence-corrected chi connectivity index (χ4v) is 2.79. The number of rotatable bonds is 7. The fourth-order valence-electron chi connectivity index (χ4n) is 2.59. The lowest BCUT2D eigenvalue weighted by atomic mass is 9.94. The second-order valence-electron chi connectivity index (χ2n) is 5.60. The third-order valence-electron chi connectivity index (χ3n) is 3.69. The highest BCUT2D eigenvalue weighted by molar-refractivity contribution is 6.31. The first kappa shape index (κ1) is 16.1. The molecular weight excluding hydrogens is 282 g/mol. The first-order valence-corrected chi connectivity index (χ1v) is 7.98. The maximum Gasteiger partial charge on any atom is 0.0818 e. The molecule has 2 rings (SSSR count). The van der Waals surface area contributed by atoms with Crippen molar-refractivity contribution in [2.24, 2.45) is 0 Å². The van der Waals surface area contributed by atoms with Gasteiger partial charge in [-0.15, -0.1) is 0 Å². The molecule has 1 atom stereocenters. The number of halogens is 1. The Morgan fingerprint density at radius 3 is 2.57 bits per heavy atom. The Bertz CT molecular complexity index is 548. The number of hydrogen-bond donors (Lipinski definition) is 1. The molecule has 1 unspecified atom stereocenters. The number of aromatic nitrogens is 2. The average molecular weight is 306 g/mol. The molecule has 1 aromatic heterocycles. The summed E-state index contributed by atoms with van der Waals surface area (Å²) in [5, 5.41) is 8.63. The van der Waals surface area contributed by atoms with Crippen LogP contribution in [0.5, 0.6) is 0 Å². The van der Waals surface area contributed by atoms with E-state index < -0.39 is 0 Å². The third-order valence-corrected chi connectivity index (χ3v) is 4.00. The van der Waals surface area contributed by atoms with Crippen molar-refractivity contribution in [1.29, 1.82) is 0 Å². The largest absolute Gasteiger partial charge is 0.316 e. The van der Waals surface area contributed by atoms with Gasteiger partial charge in [0.15, 0.2) is 0 Å². The number of benzene rings is 1. The summed E-state index contributed by atoms with van der Waals surface area (Å²) >= 11 is 6.35. The quantitative estimate of drug-likeness (QED) is 0.836. The molecule has 1 aromatic carbocycles. The lowest BCUT2D eigenvalue weighted by Crippen LogP contribution is -2.24. The number of nitrogens with one attached hydrogen (secondary N) is 1. The number of hydrogen-bond acceptors (Lipinski definition) is 2. The Morgan fingerprint density at radius 2 is 1.95 bits per heavy atom. The van der Waals surface area contributed by atoms with E-state index in [2.05, 4.69) is 61.5 Å². The minimum absolute atomic E-state index is 0.322. The Balaban J connectivity index is 2.25. The van der Waals surface area contributed by atoms with E-state index in [-0.39, 0.29) is 0 Å². The van der Waals surface area contributed by atoms with Gasteiger partial charge in [0.05, 0.1) is 16.9 Å². The first-order chi connectivity index (χ1) is 10.1. The molecule has 114 valence electrons.